The molecule has 4 aliphatic rings. The van der Waals surface area contributed by atoms with Gasteiger partial charge in [-0.3, -0.25) is 0 Å². The summed E-state index contributed by atoms with van der Waals surface area (Å²) in [6.45, 7) is 4.12. The van der Waals surface area contributed by atoms with Crippen molar-refractivity contribution >= 4 is 6.03 Å². The third kappa shape index (κ3) is 3.00. The molecule has 2 bridgehead atoms. The second kappa shape index (κ2) is 5.76. The Morgan fingerprint density at radius 1 is 1.30 bits per heavy atom. The molecular formula is C16H26N2O2. The molecule has 2 amide bonds. The van der Waals surface area contributed by atoms with Crippen molar-refractivity contribution in [2.45, 2.75) is 38.7 Å². The standard InChI is InChI=1S/C16H26N2O2/c1-11-6-15(19)10-18(9-11)16(20)17-8-14-7-12-2-4-13(14)5-3-12/h2,4,11-15,19H,3,5-10H2,1H3,(H,17,20)/t11-,12?,13?,14?,15+/m1/s1. The van der Waals surface area contributed by atoms with Gasteiger partial charge in [-0.25, -0.2) is 4.79 Å². The van der Waals surface area contributed by atoms with Crippen molar-refractivity contribution in [2.24, 2.45) is 23.7 Å². The number of allylic oxidation sites excluding steroid dienone is 2. The van der Waals surface area contributed by atoms with Gasteiger partial charge < -0.3 is 15.3 Å². The summed E-state index contributed by atoms with van der Waals surface area (Å²) in [6.07, 6.45) is 8.97. The van der Waals surface area contributed by atoms with E-state index in [0.717, 1.165) is 25.4 Å². The molecule has 3 unspecified atom stereocenters. The summed E-state index contributed by atoms with van der Waals surface area (Å²) in [6, 6.07) is 0.000950. The molecule has 3 aliphatic carbocycles. The van der Waals surface area contributed by atoms with Gasteiger partial charge in [0.15, 0.2) is 0 Å². The molecule has 2 N–H and O–H groups in total. The van der Waals surface area contributed by atoms with Crippen molar-refractivity contribution < 1.29 is 9.90 Å². The lowest BCUT2D eigenvalue weighted by Crippen LogP contribution is -2.51. The third-order valence-corrected chi connectivity index (χ3v) is 5.15. The zero-order valence-electron chi connectivity index (χ0n) is 12.3. The Hall–Kier alpha value is -1.03. The molecule has 1 heterocycles. The molecule has 112 valence electrons. The first-order valence-electron chi connectivity index (χ1n) is 8.01. The number of carbonyl (C=O) groups excluding carboxylic acids is 1. The van der Waals surface area contributed by atoms with Crippen molar-refractivity contribution in [1.29, 1.82) is 0 Å². The van der Waals surface area contributed by atoms with Crippen LogP contribution >= 0.6 is 0 Å². The van der Waals surface area contributed by atoms with E-state index < -0.39 is 0 Å². The van der Waals surface area contributed by atoms with Gasteiger partial charge in [0.1, 0.15) is 0 Å². The molecule has 1 saturated carbocycles. The Labute approximate surface area is 121 Å². The number of urea groups is 1. The van der Waals surface area contributed by atoms with Crippen LogP contribution < -0.4 is 5.32 Å². The Bertz CT molecular complexity index is 386. The molecule has 1 saturated heterocycles. The van der Waals surface area contributed by atoms with Gasteiger partial charge in [-0.2, -0.15) is 0 Å². The summed E-state index contributed by atoms with van der Waals surface area (Å²) in [5, 5.41) is 12.9. The fraction of sp³-hybridized carbons (Fsp3) is 0.812. The third-order valence-electron chi connectivity index (χ3n) is 5.15. The minimum Gasteiger partial charge on any atom is -0.391 e. The molecule has 0 spiro atoms. The number of rotatable bonds is 2. The number of nitrogens with one attached hydrogen (secondary N) is 1. The number of hydrogen-bond acceptors (Lipinski definition) is 2. The van der Waals surface area contributed by atoms with Gasteiger partial charge >= 0.3 is 6.03 Å². The number of carbonyl (C=O) groups is 1. The summed E-state index contributed by atoms with van der Waals surface area (Å²) in [5.74, 6) is 2.39. The quantitative estimate of drug-likeness (QED) is 0.759. The number of aliphatic hydroxyl groups is 1. The van der Waals surface area contributed by atoms with E-state index in [1.54, 1.807) is 4.90 Å². The molecule has 2 fully saturated rings. The fourth-order valence-corrected chi connectivity index (χ4v) is 4.10. The lowest BCUT2D eigenvalue weighted by Gasteiger charge is -2.39. The van der Waals surface area contributed by atoms with Crippen LogP contribution in [-0.2, 0) is 0 Å². The van der Waals surface area contributed by atoms with E-state index in [-0.39, 0.29) is 12.1 Å². The van der Waals surface area contributed by atoms with E-state index in [2.05, 4.69) is 24.4 Å². The number of piperidine rings is 1. The topological polar surface area (TPSA) is 52.6 Å². The van der Waals surface area contributed by atoms with Crippen molar-refractivity contribution in [2.75, 3.05) is 19.6 Å². The Balaban J connectivity index is 1.48. The van der Waals surface area contributed by atoms with Crippen LogP contribution in [0.2, 0.25) is 0 Å². The first kappa shape index (κ1) is 13.9. The summed E-state index contributed by atoms with van der Waals surface area (Å²) >= 11 is 0. The predicted octanol–water partition coefficient (Wildman–Crippen LogP) is 2.00. The van der Waals surface area contributed by atoms with Gasteiger partial charge in [0.05, 0.1) is 6.10 Å². The molecule has 1 aliphatic heterocycles. The maximum atomic E-state index is 12.2. The molecule has 4 rings (SSSR count). The zero-order chi connectivity index (χ0) is 14.1. The van der Waals surface area contributed by atoms with Crippen LogP contribution in [0.15, 0.2) is 12.2 Å². The van der Waals surface area contributed by atoms with Crippen LogP contribution in [0, 0.1) is 23.7 Å². The summed E-state index contributed by atoms with van der Waals surface area (Å²) < 4.78 is 0. The van der Waals surface area contributed by atoms with Gasteiger partial charge in [-0.05, 0) is 49.4 Å². The normalized spacial score (nSPS) is 39.9. The lowest BCUT2D eigenvalue weighted by molar-refractivity contribution is 0.0597. The number of amides is 2. The number of likely N-dealkylation sites (tertiary alicyclic amines) is 1. The number of β-amino-alcohol motifs (C(OH)–C–C–N with tert-alkyl or cyclic N) is 1. The maximum Gasteiger partial charge on any atom is 0.317 e. The first-order valence-corrected chi connectivity index (χ1v) is 8.01. The monoisotopic (exact) mass is 278 g/mol. The van der Waals surface area contributed by atoms with Crippen molar-refractivity contribution in [3.05, 3.63) is 12.2 Å². The second-order valence-electron chi connectivity index (χ2n) is 6.97. The molecule has 5 atom stereocenters. The van der Waals surface area contributed by atoms with E-state index in [9.17, 15) is 9.90 Å². The molecule has 20 heavy (non-hydrogen) atoms. The Morgan fingerprint density at radius 3 is 2.75 bits per heavy atom. The van der Waals surface area contributed by atoms with Crippen LogP contribution in [-0.4, -0.2) is 41.8 Å². The molecule has 0 aromatic rings. The van der Waals surface area contributed by atoms with Crippen LogP contribution in [0.5, 0.6) is 0 Å². The average Bonchev–Trinajstić information content (AvgIpc) is 2.45. The van der Waals surface area contributed by atoms with E-state index in [0.29, 0.717) is 24.3 Å². The highest BCUT2D eigenvalue weighted by Gasteiger charge is 2.32. The summed E-state index contributed by atoms with van der Waals surface area (Å²) in [4.78, 5) is 14.0. The van der Waals surface area contributed by atoms with Crippen molar-refractivity contribution in [3.63, 3.8) is 0 Å². The van der Waals surface area contributed by atoms with Gasteiger partial charge in [0.2, 0.25) is 0 Å². The second-order valence-corrected chi connectivity index (χ2v) is 6.97. The van der Waals surface area contributed by atoms with Crippen molar-refractivity contribution in [1.82, 2.24) is 10.2 Å². The van der Waals surface area contributed by atoms with Gasteiger partial charge in [-0.15, -0.1) is 0 Å². The summed E-state index contributed by atoms with van der Waals surface area (Å²) in [5.41, 5.74) is 0. The lowest BCUT2D eigenvalue weighted by atomic mass is 9.69. The van der Waals surface area contributed by atoms with Crippen molar-refractivity contribution in [3.8, 4) is 0 Å². The Morgan fingerprint density at radius 2 is 2.15 bits per heavy atom. The van der Waals surface area contributed by atoms with Gasteiger partial charge in [-0.1, -0.05) is 19.1 Å². The Kier molecular flexibility index (Phi) is 4.01. The van der Waals surface area contributed by atoms with Crippen LogP contribution in [0.1, 0.15) is 32.6 Å². The number of fused-ring (bicyclic) bond motifs is 2. The fourth-order valence-electron chi connectivity index (χ4n) is 4.10. The highest BCUT2D eigenvalue weighted by atomic mass is 16.3. The van der Waals surface area contributed by atoms with Crippen LogP contribution in [0.4, 0.5) is 4.79 Å². The van der Waals surface area contributed by atoms with E-state index in [4.69, 9.17) is 0 Å². The van der Waals surface area contributed by atoms with Gasteiger partial charge in [0.25, 0.3) is 0 Å². The van der Waals surface area contributed by atoms with Crippen LogP contribution in [0.3, 0.4) is 0 Å². The minimum atomic E-state index is -0.363. The number of hydrogen-bond donors (Lipinski definition) is 2. The van der Waals surface area contributed by atoms with Crippen LogP contribution in [0.25, 0.3) is 0 Å². The first-order chi connectivity index (χ1) is 9.61. The number of aliphatic hydroxyl groups excluding tert-OH is 1. The van der Waals surface area contributed by atoms with E-state index in [1.807, 2.05) is 0 Å². The van der Waals surface area contributed by atoms with Gasteiger partial charge in [0, 0.05) is 19.6 Å². The molecule has 4 heteroatoms. The highest BCUT2D eigenvalue weighted by Crippen LogP contribution is 2.39. The largest absolute Gasteiger partial charge is 0.391 e. The predicted molar refractivity (Wildman–Crippen MR) is 78.2 cm³/mol. The molecule has 0 aromatic heterocycles. The zero-order valence-corrected chi connectivity index (χ0v) is 12.3. The SMILES string of the molecule is C[C@@H]1C[C@H](O)CN(C(=O)NCC2CC3C=CC2CC3)C1. The minimum absolute atomic E-state index is 0.000950. The molecule has 4 nitrogen and oxygen atoms in total. The van der Waals surface area contributed by atoms with E-state index in [1.165, 1.54) is 19.3 Å². The van der Waals surface area contributed by atoms with E-state index >= 15 is 0 Å². The maximum absolute atomic E-state index is 12.2. The average molecular weight is 278 g/mol. The molecule has 0 aromatic carbocycles. The smallest absolute Gasteiger partial charge is 0.317 e. The summed E-state index contributed by atoms with van der Waals surface area (Å²) in [7, 11) is 0. The highest BCUT2D eigenvalue weighted by molar-refractivity contribution is 5.74. The molecule has 0 radical (unpaired) electrons. The molecular weight excluding hydrogens is 252 g/mol. The number of nitrogens with zero attached hydrogens (tertiary/aromatic N) is 1.